The van der Waals surface area contributed by atoms with Gasteiger partial charge in [0, 0.05) is 18.8 Å². The van der Waals surface area contributed by atoms with Crippen LogP contribution in [-0.2, 0) is 11.2 Å². The molecule has 0 saturated heterocycles. The van der Waals surface area contributed by atoms with Gasteiger partial charge >= 0.3 is 0 Å². The van der Waals surface area contributed by atoms with E-state index in [1.165, 1.54) is 0 Å². The summed E-state index contributed by atoms with van der Waals surface area (Å²) in [5.41, 5.74) is 0.657. The fourth-order valence-electron chi connectivity index (χ4n) is 1.23. The van der Waals surface area contributed by atoms with Gasteiger partial charge in [0.15, 0.2) is 0 Å². The number of rotatable bonds is 4. The summed E-state index contributed by atoms with van der Waals surface area (Å²) in [4.78, 5) is 3.89. The highest BCUT2D eigenvalue weighted by Crippen LogP contribution is 2.16. The van der Waals surface area contributed by atoms with Gasteiger partial charge in [0.25, 0.3) is 0 Å². The topological polar surface area (TPSA) is 42.4 Å². The zero-order valence-corrected chi connectivity index (χ0v) is 10.7. The molecule has 3 nitrogen and oxygen atoms in total. The van der Waals surface area contributed by atoms with Gasteiger partial charge in [0.1, 0.15) is 0 Å². The average Bonchev–Trinajstić information content (AvgIpc) is 2.18. The number of aliphatic hydroxyl groups is 1. The first-order valence-corrected chi connectivity index (χ1v) is 5.67. The summed E-state index contributed by atoms with van der Waals surface area (Å²) >= 11 is 5.94. The lowest BCUT2D eigenvalue weighted by molar-refractivity contribution is -0.0482. The Bertz CT molecular complexity index is 336. The Morgan fingerprint density at radius 1 is 1.50 bits per heavy atom. The number of hydrogen-bond acceptors (Lipinski definition) is 3. The first-order chi connectivity index (χ1) is 7.38. The normalized spacial score (nSPS) is 13.8. The quantitative estimate of drug-likeness (QED) is 0.883. The van der Waals surface area contributed by atoms with Crippen LogP contribution in [0, 0.1) is 0 Å². The van der Waals surface area contributed by atoms with E-state index in [0.29, 0.717) is 18.1 Å². The summed E-state index contributed by atoms with van der Waals surface area (Å²) in [7, 11) is 0. The van der Waals surface area contributed by atoms with Gasteiger partial charge < -0.3 is 9.84 Å². The minimum absolute atomic E-state index is 0.233. The van der Waals surface area contributed by atoms with Gasteiger partial charge in [-0.15, -0.1) is 0 Å². The van der Waals surface area contributed by atoms with Crippen molar-refractivity contribution in [2.75, 3.05) is 6.61 Å². The molecule has 1 N–H and O–H groups in total. The summed E-state index contributed by atoms with van der Waals surface area (Å²) in [5, 5.41) is 10.4. The van der Waals surface area contributed by atoms with Crippen LogP contribution in [-0.4, -0.2) is 28.4 Å². The zero-order chi connectivity index (χ0) is 12.2. The highest BCUT2D eigenvalue weighted by Gasteiger charge is 2.14. The van der Waals surface area contributed by atoms with Crippen LogP contribution in [0.4, 0.5) is 0 Å². The second-order valence-electron chi connectivity index (χ2n) is 4.75. The molecule has 1 unspecified atom stereocenters. The number of halogens is 1. The molecule has 0 amide bonds. The Balaban J connectivity index is 2.46. The lowest BCUT2D eigenvalue weighted by atomic mass is 10.1. The first kappa shape index (κ1) is 13.4. The van der Waals surface area contributed by atoms with Gasteiger partial charge in [-0.05, 0) is 32.4 Å². The molecule has 0 bridgehead atoms. The molecule has 4 heteroatoms. The Morgan fingerprint density at radius 2 is 2.19 bits per heavy atom. The van der Waals surface area contributed by atoms with Crippen molar-refractivity contribution in [3.63, 3.8) is 0 Å². The van der Waals surface area contributed by atoms with Gasteiger partial charge in [-0.1, -0.05) is 11.6 Å². The van der Waals surface area contributed by atoms with E-state index >= 15 is 0 Å². The van der Waals surface area contributed by atoms with Crippen molar-refractivity contribution in [2.45, 2.75) is 38.9 Å². The molecule has 1 atom stereocenters. The van der Waals surface area contributed by atoms with E-state index in [4.69, 9.17) is 16.3 Å². The fourth-order valence-corrected chi connectivity index (χ4v) is 1.43. The number of aromatic nitrogens is 1. The zero-order valence-electron chi connectivity index (χ0n) is 9.90. The van der Waals surface area contributed by atoms with E-state index in [0.717, 1.165) is 5.56 Å². The summed E-state index contributed by atoms with van der Waals surface area (Å²) in [5.74, 6) is 0. The van der Waals surface area contributed by atoms with Crippen molar-refractivity contribution in [2.24, 2.45) is 0 Å². The molecule has 0 spiro atoms. The molecule has 0 aromatic carbocycles. The number of ether oxygens (including phenoxy) is 1. The second-order valence-corrected chi connectivity index (χ2v) is 5.16. The number of pyridine rings is 1. The molecular weight excluding hydrogens is 226 g/mol. The van der Waals surface area contributed by atoms with Crippen LogP contribution in [0.15, 0.2) is 18.5 Å². The van der Waals surface area contributed by atoms with E-state index in [-0.39, 0.29) is 5.60 Å². The smallest absolute Gasteiger partial charge is 0.0814 e. The van der Waals surface area contributed by atoms with Crippen LogP contribution in [0.25, 0.3) is 0 Å². The molecule has 0 radical (unpaired) electrons. The summed E-state index contributed by atoms with van der Waals surface area (Å²) in [6, 6.07) is 1.81. The SMILES string of the molecule is CC(C)(C)OCC(O)Cc1ccncc1Cl. The molecule has 0 aliphatic heterocycles. The fraction of sp³-hybridized carbons (Fsp3) is 0.583. The highest BCUT2D eigenvalue weighted by molar-refractivity contribution is 6.31. The van der Waals surface area contributed by atoms with Crippen LogP contribution >= 0.6 is 11.6 Å². The number of hydrogen-bond donors (Lipinski definition) is 1. The largest absolute Gasteiger partial charge is 0.390 e. The Hall–Kier alpha value is -0.640. The maximum Gasteiger partial charge on any atom is 0.0814 e. The standard InChI is InChI=1S/C12H18ClNO2/c1-12(2,3)16-8-10(15)6-9-4-5-14-7-11(9)13/h4-5,7,10,15H,6,8H2,1-3H3. The maximum absolute atomic E-state index is 9.79. The molecule has 1 aromatic rings. The molecule has 1 rings (SSSR count). The third-order valence-electron chi connectivity index (χ3n) is 2.02. The van der Waals surface area contributed by atoms with E-state index in [1.54, 1.807) is 12.4 Å². The lowest BCUT2D eigenvalue weighted by Gasteiger charge is -2.22. The second kappa shape index (κ2) is 5.62. The van der Waals surface area contributed by atoms with Gasteiger partial charge in [0.05, 0.1) is 23.3 Å². The van der Waals surface area contributed by atoms with Crippen molar-refractivity contribution in [3.05, 3.63) is 29.0 Å². The lowest BCUT2D eigenvalue weighted by Crippen LogP contribution is -2.27. The van der Waals surface area contributed by atoms with Crippen LogP contribution in [0.2, 0.25) is 5.02 Å². The molecule has 0 fully saturated rings. The van der Waals surface area contributed by atoms with Crippen molar-refractivity contribution in [1.82, 2.24) is 4.98 Å². The molecule has 16 heavy (non-hydrogen) atoms. The molecule has 1 heterocycles. The van der Waals surface area contributed by atoms with Gasteiger partial charge in [-0.25, -0.2) is 0 Å². The number of aliphatic hydroxyl groups excluding tert-OH is 1. The van der Waals surface area contributed by atoms with E-state index in [2.05, 4.69) is 4.98 Å². The van der Waals surface area contributed by atoms with Gasteiger partial charge in [0.2, 0.25) is 0 Å². The highest BCUT2D eigenvalue weighted by atomic mass is 35.5. The minimum atomic E-state index is -0.542. The third-order valence-corrected chi connectivity index (χ3v) is 2.36. The van der Waals surface area contributed by atoms with Gasteiger partial charge in [-0.2, -0.15) is 0 Å². The molecule has 0 aliphatic carbocycles. The van der Waals surface area contributed by atoms with E-state index in [1.807, 2.05) is 26.8 Å². The van der Waals surface area contributed by atoms with Crippen molar-refractivity contribution in [1.29, 1.82) is 0 Å². The monoisotopic (exact) mass is 243 g/mol. The Morgan fingerprint density at radius 3 is 2.75 bits per heavy atom. The van der Waals surface area contributed by atoms with Gasteiger partial charge in [-0.3, -0.25) is 4.98 Å². The van der Waals surface area contributed by atoms with Crippen LogP contribution in [0.3, 0.4) is 0 Å². The van der Waals surface area contributed by atoms with Crippen molar-refractivity contribution >= 4 is 11.6 Å². The molecule has 0 aliphatic rings. The van der Waals surface area contributed by atoms with Crippen molar-refractivity contribution < 1.29 is 9.84 Å². The Kier molecular flexibility index (Phi) is 4.71. The average molecular weight is 244 g/mol. The summed E-state index contributed by atoms with van der Waals surface area (Å²) < 4.78 is 5.49. The van der Waals surface area contributed by atoms with E-state index < -0.39 is 6.10 Å². The summed E-state index contributed by atoms with van der Waals surface area (Å²) in [6.07, 6.45) is 3.18. The van der Waals surface area contributed by atoms with Crippen LogP contribution in [0.1, 0.15) is 26.3 Å². The molecule has 90 valence electrons. The Labute approximate surface area is 101 Å². The van der Waals surface area contributed by atoms with Crippen molar-refractivity contribution in [3.8, 4) is 0 Å². The number of nitrogens with zero attached hydrogens (tertiary/aromatic N) is 1. The first-order valence-electron chi connectivity index (χ1n) is 5.29. The molecule has 1 aromatic heterocycles. The van der Waals surface area contributed by atoms with E-state index in [9.17, 15) is 5.11 Å². The predicted octanol–water partition coefficient (Wildman–Crippen LogP) is 2.45. The van der Waals surface area contributed by atoms with Crippen LogP contribution in [0.5, 0.6) is 0 Å². The minimum Gasteiger partial charge on any atom is -0.390 e. The molecule has 0 saturated carbocycles. The third kappa shape index (κ3) is 4.92. The summed E-state index contributed by atoms with van der Waals surface area (Å²) in [6.45, 7) is 6.18. The molecular formula is C12H18ClNO2. The van der Waals surface area contributed by atoms with Crippen LogP contribution < -0.4 is 0 Å². The maximum atomic E-state index is 9.79. The predicted molar refractivity (Wildman–Crippen MR) is 64.7 cm³/mol.